The number of hydrazone groups is 1. The van der Waals surface area contributed by atoms with E-state index in [1.165, 1.54) is 6.92 Å². The van der Waals surface area contributed by atoms with E-state index < -0.39 is 5.97 Å². The third kappa shape index (κ3) is 6.36. The first kappa shape index (κ1) is 12.8. The van der Waals surface area contributed by atoms with Gasteiger partial charge < -0.3 is 10.4 Å². The van der Waals surface area contributed by atoms with Gasteiger partial charge in [-0.25, -0.2) is 4.79 Å². The smallest absolute Gasteiger partial charge is 0.351 e. The van der Waals surface area contributed by atoms with E-state index in [-0.39, 0.29) is 5.71 Å². The van der Waals surface area contributed by atoms with Gasteiger partial charge in [0, 0.05) is 6.54 Å². The van der Waals surface area contributed by atoms with E-state index in [0.717, 1.165) is 19.4 Å². The summed E-state index contributed by atoms with van der Waals surface area (Å²) in [5.41, 5.74) is 2.43. The van der Waals surface area contributed by atoms with E-state index >= 15 is 0 Å². The Morgan fingerprint density at radius 2 is 2.21 bits per heavy atom. The lowest BCUT2D eigenvalue weighted by atomic mass is 10.3. The van der Waals surface area contributed by atoms with Crippen LogP contribution in [-0.2, 0) is 4.79 Å². The van der Waals surface area contributed by atoms with Crippen molar-refractivity contribution in [2.45, 2.75) is 26.7 Å². The van der Waals surface area contributed by atoms with Crippen LogP contribution < -0.4 is 10.7 Å². The summed E-state index contributed by atoms with van der Waals surface area (Å²) >= 11 is 4.85. The van der Waals surface area contributed by atoms with Crippen LogP contribution in [-0.4, -0.2) is 28.4 Å². The molecule has 0 bridgehead atoms. The summed E-state index contributed by atoms with van der Waals surface area (Å²) in [7, 11) is 0. The van der Waals surface area contributed by atoms with Gasteiger partial charge >= 0.3 is 5.97 Å². The molecule has 3 N–H and O–H groups in total. The standard InChI is InChI=1S/C8H15N3O2S/c1-3-4-5-9-8(14)11-10-6(2)7(12)13/h3-5H2,1-2H3,(H,12,13)(H2,9,11,14). The maximum absolute atomic E-state index is 10.3. The molecule has 6 heteroatoms. The third-order valence-electron chi connectivity index (χ3n) is 1.45. The number of carboxylic acids is 1. The average molecular weight is 217 g/mol. The molecule has 0 saturated heterocycles. The lowest BCUT2D eigenvalue weighted by Gasteiger charge is -2.05. The molecule has 80 valence electrons. The Hall–Kier alpha value is -1.17. The van der Waals surface area contributed by atoms with E-state index in [9.17, 15) is 4.79 Å². The first-order valence-corrected chi connectivity index (χ1v) is 4.80. The molecule has 0 fully saturated rings. The second-order valence-electron chi connectivity index (χ2n) is 2.72. The number of nitrogens with zero attached hydrogens (tertiary/aromatic N) is 1. The van der Waals surface area contributed by atoms with Crippen molar-refractivity contribution in [1.82, 2.24) is 10.7 Å². The monoisotopic (exact) mass is 217 g/mol. The summed E-state index contributed by atoms with van der Waals surface area (Å²) < 4.78 is 0. The topological polar surface area (TPSA) is 73.7 Å². The SMILES string of the molecule is CCCCNC(=S)NN=C(C)C(=O)O. The normalized spacial score (nSPS) is 10.9. The summed E-state index contributed by atoms with van der Waals surface area (Å²) in [6, 6.07) is 0. The van der Waals surface area contributed by atoms with Gasteiger partial charge in [-0.05, 0) is 25.6 Å². The molecule has 0 saturated carbocycles. The molecule has 0 heterocycles. The van der Waals surface area contributed by atoms with Crippen molar-refractivity contribution in [3.8, 4) is 0 Å². The summed E-state index contributed by atoms with van der Waals surface area (Å²) in [5, 5.41) is 15.3. The van der Waals surface area contributed by atoms with Crippen LogP contribution >= 0.6 is 12.2 Å². The highest BCUT2D eigenvalue weighted by molar-refractivity contribution is 7.80. The second kappa shape index (κ2) is 7.25. The van der Waals surface area contributed by atoms with Crippen molar-refractivity contribution in [3.05, 3.63) is 0 Å². The molecular formula is C8H15N3O2S. The molecule has 0 unspecified atom stereocenters. The predicted octanol–water partition coefficient (Wildman–Crippen LogP) is 0.711. The Balaban J connectivity index is 3.73. The second-order valence-corrected chi connectivity index (χ2v) is 3.13. The molecule has 0 aromatic rings. The van der Waals surface area contributed by atoms with E-state index in [4.69, 9.17) is 17.3 Å². The Morgan fingerprint density at radius 3 is 2.71 bits per heavy atom. The van der Waals surface area contributed by atoms with Gasteiger partial charge in [-0.2, -0.15) is 5.10 Å². The molecule has 0 aliphatic carbocycles. The number of unbranched alkanes of at least 4 members (excludes halogenated alkanes) is 1. The molecule has 0 amide bonds. The summed E-state index contributed by atoms with van der Waals surface area (Å²) in [6.45, 7) is 4.23. The Labute approximate surface area is 88.6 Å². The van der Waals surface area contributed by atoms with Crippen molar-refractivity contribution in [3.63, 3.8) is 0 Å². The van der Waals surface area contributed by atoms with Crippen LogP contribution in [0.3, 0.4) is 0 Å². The number of hydrogen-bond donors (Lipinski definition) is 3. The van der Waals surface area contributed by atoms with E-state index in [1.54, 1.807) is 0 Å². The zero-order valence-electron chi connectivity index (χ0n) is 8.33. The third-order valence-corrected chi connectivity index (χ3v) is 1.69. The molecule has 0 rings (SSSR count). The summed E-state index contributed by atoms with van der Waals surface area (Å²) in [6.07, 6.45) is 2.09. The zero-order chi connectivity index (χ0) is 11.0. The van der Waals surface area contributed by atoms with Crippen LogP contribution in [0.25, 0.3) is 0 Å². The number of thiocarbonyl (C=S) groups is 1. The van der Waals surface area contributed by atoms with Crippen molar-refractivity contribution in [2.24, 2.45) is 5.10 Å². The lowest BCUT2D eigenvalue weighted by molar-refractivity contribution is -0.129. The van der Waals surface area contributed by atoms with Gasteiger partial charge in [-0.15, -0.1) is 0 Å². The van der Waals surface area contributed by atoms with Gasteiger partial charge in [0.25, 0.3) is 0 Å². The fourth-order valence-electron chi connectivity index (χ4n) is 0.601. The van der Waals surface area contributed by atoms with Gasteiger partial charge in [0.2, 0.25) is 0 Å². The largest absolute Gasteiger partial charge is 0.477 e. The highest BCUT2D eigenvalue weighted by Crippen LogP contribution is 1.82. The summed E-state index contributed by atoms with van der Waals surface area (Å²) in [4.78, 5) is 10.3. The minimum absolute atomic E-state index is 0.0235. The molecule has 0 aromatic carbocycles. The number of rotatable bonds is 5. The van der Waals surface area contributed by atoms with Crippen LogP contribution in [0.15, 0.2) is 5.10 Å². The molecule has 0 aliphatic heterocycles. The van der Waals surface area contributed by atoms with Crippen LogP contribution in [0.1, 0.15) is 26.7 Å². The zero-order valence-corrected chi connectivity index (χ0v) is 9.15. The average Bonchev–Trinajstić information content (AvgIpc) is 2.14. The quantitative estimate of drug-likeness (QED) is 0.274. The molecule has 14 heavy (non-hydrogen) atoms. The first-order valence-electron chi connectivity index (χ1n) is 4.39. The van der Waals surface area contributed by atoms with Gasteiger partial charge in [0.05, 0.1) is 0 Å². The van der Waals surface area contributed by atoms with Crippen LogP contribution in [0.5, 0.6) is 0 Å². The molecule has 0 aromatic heterocycles. The van der Waals surface area contributed by atoms with Crippen molar-refractivity contribution < 1.29 is 9.90 Å². The predicted molar refractivity (Wildman–Crippen MR) is 59.4 cm³/mol. The number of carbonyl (C=O) groups is 1. The maximum atomic E-state index is 10.3. The van der Waals surface area contributed by atoms with Crippen molar-refractivity contribution >= 4 is 29.0 Å². The number of aliphatic carboxylic acids is 1. The Morgan fingerprint density at radius 1 is 1.57 bits per heavy atom. The van der Waals surface area contributed by atoms with Gasteiger partial charge in [-0.1, -0.05) is 13.3 Å². The number of hydrogen-bond acceptors (Lipinski definition) is 3. The molecule has 0 aliphatic rings. The number of carboxylic acid groups (broad SMARTS) is 1. The van der Waals surface area contributed by atoms with E-state index in [0.29, 0.717) is 5.11 Å². The Kier molecular flexibility index (Phi) is 6.65. The summed E-state index contributed by atoms with van der Waals surface area (Å²) in [5.74, 6) is -1.06. The molecular weight excluding hydrogens is 202 g/mol. The fourth-order valence-corrected chi connectivity index (χ4v) is 0.748. The maximum Gasteiger partial charge on any atom is 0.351 e. The van der Waals surface area contributed by atoms with Gasteiger partial charge in [0.1, 0.15) is 5.71 Å². The van der Waals surface area contributed by atoms with Crippen LogP contribution in [0, 0.1) is 0 Å². The van der Waals surface area contributed by atoms with Gasteiger partial charge in [-0.3, -0.25) is 5.43 Å². The lowest BCUT2D eigenvalue weighted by Crippen LogP contribution is -2.33. The van der Waals surface area contributed by atoms with Crippen molar-refractivity contribution in [1.29, 1.82) is 0 Å². The first-order chi connectivity index (χ1) is 6.57. The molecule has 0 atom stereocenters. The highest BCUT2D eigenvalue weighted by Gasteiger charge is 2.01. The van der Waals surface area contributed by atoms with Crippen LogP contribution in [0.4, 0.5) is 0 Å². The van der Waals surface area contributed by atoms with E-state index in [1.807, 2.05) is 0 Å². The highest BCUT2D eigenvalue weighted by atomic mass is 32.1. The molecule has 0 spiro atoms. The molecule has 5 nitrogen and oxygen atoms in total. The minimum atomic E-state index is -1.06. The van der Waals surface area contributed by atoms with Gasteiger partial charge in [0.15, 0.2) is 5.11 Å². The minimum Gasteiger partial charge on any atom is -0.477 e. The van der Waals surface area contributed by atoms with Crippen molar-refractivity contribution in [2.75, 3.05) is 6.54 Å². The Bertz CT molecular complexity index is 241. The number of nitrogens with one attached hydrogen (secondary N) is 2. The molecule has 0 radical (unpaired) electrons. The van der Waals surface area contributed by atoms with E-state index in [2.05, 4.69) is 22.8 Å². The fraction of sp³-hybridized carbons (Fsp3) is 0.625. The van der Waals surface area contributed by atoms with Crippen LogP contribution in [0.2, 0.25) is 0 Å².